The Hall–Kier alpha value is -3.10. The maximum absolute atomic E-state index is 10.9. The molecule has 0 aliphatic carbocycles. The predicted molar refractivity (Wildman–Crippen MR) is 143 cm³/mol. The van der Waals surface area contributed by atoms with Crippen molar-refractivity contribution in [3.05, 3.63) is 83.9 Å². The predicted octanol–water partition coefficient (Wildman–Crippen LogP) is 5.00. The highest BCUT2D eigenvalue weighted by atomic mass is 16.7. The highest BCUT2D eigenvalue weighted by Gasteiger charge is 2.29. The second-order valence-electron chi connectivity index (χ2n) is 9.59. The normalized spacial score (nSPS) is 19.8. The molecule has 1 fully saturated rings. The summed E-state index contributed by atoms with van der Waals surface area (Å²) in [5.74, 6) is 2.60. The highest BCUT2D eigenvalue weighted by molar-refractivity contribution is 5.61. The molecule has 196 valence electrons. The second-order valence-corrected chi connectivity index (χ2v) is 9.59. The fourth-order valence-corrected chi connectivity index (χ4v) is 5.02. The van der Waals surface area contributed by atoms with Crippen LogP contribution < -0.4 is 14.4 Å². The van der Waals surface area contributed by atoms with Gasteiger partial charge >= 0.3 is 0 Å². The van der Waals surface area contributed by atoms with E-state index >= 15 is 0 Å². The van der Waals surface area contributed by atoms with Gasteiger partial charge in [0.2, 0.25) is 0 Å². The van der Waals surface area contributed by atoms with Crippen molar-refractivity contribution in [1.29, 1.82) is 0 Å². The monoisotopic (exact) mass is 504 g/mol. The van der Waals surface area contributed by atoms with E-state index in [1.165, 1.54) is 0 Å². The van der Waals surface area contributed by atoms with E-state index in [1.807, 2.05) is 53.6 Å². The minimum absolute atomic E-state index is 0.0761. The molecule has 1 N–H and O–H groups in total. The number of fused-ring (bicyclic) bond motifs is 1. The smallest absolute Gasteiger partial charge is 0.142 e. The Morgan fingerprint density at radius 2 is 1.78 bits per heavy atom. The van der Waals surface area contributed by atoms with Crippen LogP contribution in [0.15, 0.2) is 72.8 Å². The molecule has 7 nitrogen and oxygen atoms in total. The van der Waals surface area contributed by atoms with E-state index in [0.717, 1.165) is 73.1 Å². The summed E-state index contributed by atoms with van der Waals surface area (Å²) >= 11 is 0. The first-order chi connectivity index (χ1) is 18.2. The summed E-state index contributed by atoms with van der Waals surface area (Å²) in [6.45, 7) is 4.96. The van der Waals surface area contributed by atoms with Gasteiger partial charge in [0.15, 0.2) is 0 Å². The van der Waals surface area contributed by atoms with E-state index in [-0.39, 0.29) is 5.92 Å². The summed E-state index contributed by atoms with van der Waals surface area (Å²) in [7, 11) is 1.74. The van der Waals surface area contributed by atoms with Gasteiger partial charge in [-0.05, 0) is 60.4 Å². The first-order valence-electron chi connectivity index (χ1n) is 13.1. The molecule has 2 aliphatic heterocycles. The van der Waals surface area contributed by atoms with Crippen LogP contribution in [0.4, 0.5) is 5.69 Å². The Morgan fingerprint density at radius 1 is 0.973 bits per heavy atom. The number of piperidine rings is 1. The van der Waals surface area contributed by atoms with E-state index in [9.17, 15) is 5.11 Å². The molecule has 1 saturated heterocycles. The average molecular weight is 505 g/mol. The van der Waals surface area contributed by atoms with Crippen LogP contribution in [0.2, 0.25) is 0 Å². The first-order valence-corrected chi connectivity index (χ1v) is 13.1. The van der Waals surface area contributed by atoms with Gasteiger partial charge in [0.25, 0.3) is 0 Å². The lowest BCUT2D eigenvalue weighted by molar-refractivity contribution is -0.199. The van der Waals surface area contributed by atoms with Gasteiger partial charge in [-0.2, -0.15) is 5.06 Å². The number of rotatable bonds is 10. The molecule has 7 heteroatoms. The topological polar surface area (TPSA) is 63.6 Å². The van der Waals surface area contributed by atoms with Gasteiger partial charge in [-0.1, -0.05) is 36.4 Å². The molecule has 2 heterocycles. The Bertz CT molecular complexity index is 1120. The van der Waals surface area contributed by atoms with Gasteiger partial charge in [0.05, 0.1) is 31.5 Å². The fraction of sp³-hybridized carbons (Fsp3) is 0.400. The number of para-hydroxylation sites is 1. The number of aliphatic hydroxyl groups is 1. The van der Waals surface area contributed by atoms with Crippen LogP contribution in [0.1, 0.15) is 29.9 Å². The SMILES string of the molecule is COCCCN1CCOc2ccc(CON3CCC(c4ccc(Oc5ccccc5)cc4)C(O)C3)cc21. The van der Waals surface area contributed by atoms with Crippen molar-refractivity contribution in [2.75, 3.05) is 51.4 Å². The molecule has 3 aromatic carbocycles. The minimum Gasteiger partial charge on any atom is -0.490 e. The third-order valence-corrected chi connectivity index (χ3v) is 7.00. The zero-order valence-corrected chi connectivity index (χ0v) is 21.4. The molecule has 2 atom stereocenters. The zero-order chi connectivity index (χ0) is 25.5. The van der Waals surface area contributed by atoms with Crippen LogP contribution in [0.5, 0.6) is 17.2 Å². The van der Waals surface area contributed by atoms with E-state index in [0.29, 0.717) is 19.8 Å². The molecule has 0 bridgehead atoms. The molecule has 0 aromatic heterocycles. The zero-order valence-electron chi connectivity index (χ0n) is 21.4. The van der Waals surface area contributed by atoms with Crippen LogP contribution in [0, 0.1) is 0 Å². The summed E-state index contributed by atoms with van der Waals surface area (Å²) in [6.07, 6.45) is 1.31. The number of methoxy groups -OCH3 is 1. The number of β-amino-alcohol motifs (C(OH)–C–C–N with tert-alkyl or cyclic N) is 1. The van der Waals surface area contributed by atoms with Crippen molar-refractivity contribution in [1.82, 2.24) is 5.06 Å². The molecule has 3 aromatic rings. The number of hydroxylamine groups is 2. The van der Waals surface area contributed by atoms with E-state index < -0.39 is 6.10 Å². The Labute approximate surface area is 219 Å². The fourth-order valence-electron chi connectivity index (χ4n) is 5.02. The molecular weight excluding hydrogens is 468 g/mol. The quantitative estimate of drug-likeness (QED) is 0.390. The van der Waals surface area contributed by atoms with Crippen molar-refractivity contribution in [2.45, 2.75) is 31.5 Å². The summed E-state index contributed by atoms with van der Waals surface area (Å²) in [4.78, 5) is 8.46. The number of aliphatic hydroxyl groups excluding tert-OH is 1. The third kappa shape index (κ3) is 6.62. The van der Waals surface area contributed by atoms with Crippen molar-refractivity contribution >= 4 is 5.69 Å². The summed E-state index contributed by atoms with van der Waals surface area (Å²) < 4.78 is 17.0. The van der Waals surface area contributed by atoms with Gasteiger partial charge < -0.3 is 24.2 Å². The van der Waals surface area contributed by atoms with Crippen LogP contribution in [-0.2, 0) is 16.2 Å². The molecule has 0 radical (unpaired) electrons. The number of ether oxygens (including phenoxy) is 3. The lowest BCUT2D eigenvalue weighted by Gasteiger charge is -2.35. The number of nitrogens with zero attached hydrogens (tertiary/aromatic N) is 2. The number of benzene rings is 3. The highest BCUT2D eigenvalue weighted by Crippen LogP contribution is 2.34. The maximum atomic E-state index is 10.9. The van der Waals surface area contributed by atoms with Gasteiger partial charge in [0.1, 0.15) is 23.9 Å². The van der Waals surface area contributed by atoms with E-state index in [4.69, 9.17) is 19.0 Å². The number of anilines is 1. The van der Waals surface area contributed by atoms with E-state index in [2.05, 4.69) is 29.2 Å². The van der Waals surface area contributed by atoms with Gasteiger partial charge in [0, 0.05) is 32.7 Å². The van der Waals surface area contributed by atoms with Crippen LogP contribution >= 0.6 is 0 Å². The largest absolute Gasteiger partial charge is 0.490 e. The summed E-state index contributed by atoms with van der Waals surface area (Å²) in [6, 6.07) is 24.0. The molecular formula is C30H36N2O5. The number of hydrogen-bond acceptors (Lipinski definition) is 7. The minimum atomic E-state index is -0.497. The molecule has 37 heavy (non-hydrogen) atoms. The van der Waals surface area contributed by atoms with Gasteiger partial charge in [-0.3, -0.25) is 4.84 Å². The van der Waals surface area contributed by atoms with Gasteiger partial charge in [-0.15, -0.1) is 0 Å². The lowest BCUT2D eigenvalue weighted by Crippen LogP contribution is -2.42. The van der Waals surface area contributed by atoms with Crippen LogP contribution in [-0.4, -0.2) is 62.8 Å². The van der Waals surface area contributed by atoms with Crippen LogP contribution in [0.3, 0.4) is 0 Å². The van der Waals surface area contributed by atoms with Crippen molar-refractivity contribution < 1.29 is 24.2 Å². The van der Waals surface area contributed by atoms with Crippen LogP contribution in [0.25, 0.3) is 0 Å². The van der Waals surface area contributed by atoms with Crippen molar-refractivity contribution in [3.63, 3.8) is 0 Å². The van der Waals surface area contributed by atoms with Gasteiger partial charge in [-0.25, -0.2) is 0 Å². The molecule has 2 aliphatic rings. The molecule has 0 spiro atoms. The van der Waals surface area contributed by atoms with Crippen molar-refractivity contribution in [2.24, 2.45) is 0 Å². The number of hydrogen-bond donors (Lipinski definition) is 1. The molecule has 5 rings (SSSR count). The maximum Gasteiger partial charge on any atom is 0.142 e. The molecule has 0 saturated carbocycles. The second kappa shape index (κ2) is 12.4. The Balaban J connectivity index is 1.13. The Morgan fingerprint density at radius 3 is 2.57 bits per heavy atom. The summed E-state index contributed by atoms with van der Waals surface area (Å²) in [5.41, 5.74) is 3.32. The molecule has 0 amide bonds. The first kappa shape index (κ1) is 25.5. The standard InChI is InChI=1S/C30H36N2O5/c1-34-18-5-15-31-17-19-35-30-13-8-23(20-28(30)31)22-36-32-16-14-27(29(33)21-32)24-9-11-26(12-10-24)37-25-6-3-2-4-7-25/h2-4,6-13,20,27,29,33H,5,14-19,21-22H2,1H3. The average Bonchev–Trinajstić information content (AvgIpc) is 2.93. The summed E-state index contributed by atoms with van der Waals surface area (Å²) in [5, 5.41) is 12.8. The van der Waals surface area contributed by atoms with E-state index in [1.54, 1.807) is 7.11 Å². The lowest BCUT2D eigenvalue weighted by atomic mass is 9.88. The Kier molecular flexibility index (Phi) is 8.58. The molecule has 2 unspecified atom stereocenters. The van der Waals surface area contributed by atoms with Crippen molar-refractivity contribution in [3.8, 4) is 17.2 Å². The third-order valence-electron chi connectivity index (χ3n) is 7.00.